The van der Waals surface area contributed by atoms with Crippen molar-refractivity contribution < 1.29 is 9.84 Å². The van der Waals surface area contributed by atoms with Crippen LogP contribution in [0.5, 0.6) is 5.75 Å². The fourth-order valence-corrected chi connectivity index (χ4v) is 2.36. The lowest BCUT2D eigenvalue weighted by Crippen LogP contribution is -2.28. The molecule has 0 saturated heterocycles. The summed E-state index contributed by atoms with van der Waals surface area (Å²) in [6.45, 7) is 3.61. The van der Waals surface area contributed by atoms with Gasteiger partial charge >= 0.3 is 0 Å². The molecule has 2 rings (SSSR count). The molecular formula is C18H23ClN2O2. The highest BCUT2D eigenvalue weighted by Gasteiger charge is 2.05. The van der Waals surface area contributed by atoms with E-state index in [-0.39, 0.29) is 6.61 Å². The molecule has 0 heterocycles. The largest absolute Gasteiger partial charge is 0.489 e. The van der Waals surface area contributed by atoms with Crippen molar-refractivity contribution in [2.75, 3.05) is 26.2 Å². The summed E-state index contributed by atoms with van der Waals surface area (Å²) >= 11 is 6.09. The van der Waals surface area contributed by atoms with Crippen LogP contribution in [-0.2, 0) is 13.2 Å². The average Bonchev–Trinajstić information content (AvgIpc) is 2.58. The Morgan fingerprint density at radius 1 is 0.957 bits per heavy atom. The van der Waals surface area contributed by atoms with Crippen molar-refractivity contribution in [3.8, 4) is 5.75 Å². The van der Waals surface area contributed by atoms with Gasteiger partial charge in [0, 0.05) is 36.8 Å². The third kappa shape index (κ3) is 6.59. The van der Waals surface area contributed by atoms with Crippen LogP contribution in [0.1, 0.15) is 11.1 Å². The zero-order chi connectivity index (χ0) is 16.3. The molecule has 0 bridgehead atoms. The molecule has 3 N–H and O–H groups in total. The summed E-state index contributed by atoms with van der Waals surface area (Å²) in [5, 5.41) is 15.9. The number of nitrogens with one attached hydrogen (secondary N) is 2. The first-order chi connectivity index (χ1) is 11.3. The third-order valence-corrected chi connectivity index (χ3v) is 3.58. The van der Waals surface area contributed by atoms with Gasteiger partial charge in [-0.2, -0.15) is 0 Å². The Morgan fingerprint density at radius 3 is 2.52 bits per heavy atom. The first-order valence-electron chi connectivity index (χ1n) is 7.77. The Labute approximate surface area is 142 Å². The van der Waals surface area contributed by atoms with Crippen molar-refractivity contribution in [1.82, 2.24) is 10.6 Å². The summed E-state index contributed by atoms with van der Waals surface area (Å²) in [5.41, 5.74) is 2.17. The molecule has 0 fully saturated rings. The maximum Gasteiger partial charge on any atom is 0.124 e. The van der Waals surface area contributed by atoms with E-state index in [2.05, 4.69) is 10.6 Å². The Morgan fingerprint density at radius 2 is 1.74 bits per heavy atom. The normalized spacial score (nSPS) is 10.7. The fourth-order valence-electron chi connectivity index (χ4n) is 2.17. The molecule has 23 heavy (non-hydrogen) atoms. The maximum absolute atomic E-state index is 8.71. The molecule has 0 saturated carbocycles. The van der Waals surface area contributed by atoms with Crippen molar-refractivity contribution in [3.63, 3.8) is 0 Å². The van der Waals surface area contributed by atoms with Crippen molar-refractivity contribution in [1.29, 1.82) is 0 Å². The van der Waals surface area contributed by atoms with Gasteiger partial charge in [0.2, 0.25) is 0 Å². The standard InChI is InChI=1S/C18H23ClN2O2/c19-17-6-7-18(23-14-15-4-2-1-3-5-15)16(12-17)13-21-9-8-20-10-11-22/h1-7,12,20-22H,8-11,13-14H2. The van der Waals surface area contributed by atoms with Gasteiger partial charge in [-0.25, -0.2) is 0 Å². The number of aliphatic hydroxyl groups excluding tert-OH is 1. The minimum atomic E-state index is 0.158. The van der Waals surface area contributed by atoms with Crippen LogP contribution in [0.3, 0.4) is 0 Å². The van der Waals surface area contributed by atoms with Gasteiger partial charge in [0.25, 0.3) is 0 Å². The lowest BCUT2D eigenvalue weighted by atomic mass is 10.2. The Hall–Kier alpha value is -1.59. The highest BCUT2D eigenvalue weighted by atomic mass is 35.5. The molecule has 0 amide bonds. The molecule has 0 radical (unpaired) electrons. The molecule has 2 aromatic carbocycles. The van der Waals surface area contributed by atoms with Crippen LogP contribution in [0.25, 0.3) is 0 Å². The van der Waals surface area contributed by atoms with Crippen LogP contribution in [-0.4, -0.2) is 31.3 Å². The molecule has 0 aliphatic carbocycles. The van der Waals surface area contributed by atoms with Crippen LogP contribution < -0.4 is 15.4 Å². The van der Waals surface area contributed by atoms with Gasteiger partial charge in [-0.1, -0.05) is 41.9 Å². The van der Waals surface area contributed by atoms with Gasteiger partial charge in [0.1, 0.15) is 12.4 Å². The molecule has 0 aliphatic heterocycles. The Bertz CT molecular complexity index is 578. The number of hydrogen-bond acceptors (Lipinski definition) is 4. The summed E-state index contributed by atoms with van der Waals surface area (Å²) in [7, 11) is 0. The van der Waals surface area contributed by atoms with Crippen LogP contribution in [0.15, 0.2) is 48.5 Å². The SMILES string of the molecule is OCCNCCNCc1cc(Cl)ccc1OCc1ccccc1. The van der Waals surface area contributed by atoms with Crippen LogP contribution >= 0.6 is 11.6 Å². The van der Waals surface area contributed by atoms with Crippen molar-refractivity contribution >= 4 is 11.6 Å². The smallest absolute Gasteiger partial charge is 0.124 e. The van der Waals surface area contributed by atoms with E-state index in [1.807, 2.05) is 48.5 Å². The second kappa shape index (κ2) is 10.2. The van der Waals surface area contributed by atoms with E-state index in [0.29, 0.717) is 24.7 Å². The first kappa shape index (κ1) is 17.8. The van der Waals surface area contributed by atoms with Crippen LogP contribution in [0.4, 0.5) is 0 Å². The van der Waals surface area contributed by atoms with Gasteiger partial charge in [-0.05, 0) is 23.8 Å². The molecule has 0 spiro atoms. The summed E-state index contributed by atoms with van der Waals surface area (Å²) in [6.07, 6.45) is 0. The molecule has 0 aliphatic rings. The van der Waals surface area contributed by atoms with Crippen LogP contribution in [0, 0.1) is 0 Å². The summed E-state index contributed by atoms with van der Waals surface area (Å²) in [4.78, 5) is 0. The van der Waals surface area contributed by atoms with Crippen molar-refractivity contribution in [2.45, 2.75) is 13.2 Å². The van der Waals surface area contributed by atoms with E-state index >= 15 is 0 Å². The highest BCUT2D eigenvalue weighted by molar-refractivity contribution is 6.30. The monoisotopic (exact) mass is 334 g/mol. The lowest BCUT2D eigenvalue weighted by molar-refractivity contribution is 0.292. The van der Waals surface area contributed by atoms with E-state index in [4.69, 9.17) is 21.4 Å². The average molecular weight is 335 g/mol. The minimum Gasteiger partial charge on any atom is -0.489 e. The number of aliphatic hydroxyl groups is 1. The molecule has 4 nitrogen and oxygen atoms in total. The number of benzene rings is 2. The predicted octanol–water partition coefficient (Wildman–Crippen LogP) is 2.59. The predicted molar refractivity (Wildman–Crippen MR) is 93.9 cm³/mol. The quantitative estimate of drug-likeness (QED) is 0.585. The molecule has 0 unspecified atom stereocenters. The van der Waals surface area contributed by atoms with Gasteiger partial charge in [-0.15, -0.1) is 0 Å². The lowest BCUT2D eigenvalue weighted by Gasteiger charge is -2.13. The van der Waals surface area contributed by atoms with Gasteiger partial charge < -0.3 is 20.5 Å². The summed E-state index contributed by atoms with van der Waals surface area (Å²) in [6, 6.07) is 15.8. The van der Waals surface area contributed by atoms with Crippen molar-refractivity contribution in [2.24, 2.45) is 0 Å². The number of halogens is 1. The molecule has 124 valence electrons. The minimum absolute atomic E-state index is 0.158. The van der Waals surface area contributed by atoms with Gasteiger partial charge in [0.05, 0.1) is 6.61 Å². The van der Waals surface area contributed by atoms with E-state index in [9.17, 15) is 0 Å². The zero-order valence-corrected chi connectivity index (χ0v) is 13.9. The third-order valence-electron chi connectivity index (χ3n) is 3.34. The zero-order valence-electron chi connectivity index (χ0n) is 13.1. The number of ether oxygens (including phenoxy) is 1. The number of rotatable bonds is 10. The Kier molecular flexibility index (Phi) is 7.90. The summed E-state index contributed by atoms with van der Waals surface area (Å²) in [5.74, 6) is 0.842. The van der Waals surface area contributed by atoms with E-state index < -0.39 is 0 Å². The van der Waals surface area contributed by atoms with E-state index in [0.717, 1.165) is 30.0 Å². The highest BCUT2D eigenvalue weighted by Crippen LogP contribution is 2.23. The molecular weight excluding hydrogens is 312 g/mol. The van der Waals surface area contributed by atoms with Crippen LogP contribution in [0.2, 0.25) is 5.02 Å². The molecule has 0 aromatic heterocycles. The molecule has 0 atom stereocenters. The van der Waals surface area contributed by atoms with E-state index in [1.165, 1.54) is 0 Å². The first-order valence-corrected chi connectivity index (χ1v) is 8.15. The topological polar surface area (TPSA) is 53.5 Å². The summed E-state index contributed by atoms with van der Waals surface area (Å²) < 4.78 is 5.93. The molecule has 2 aromatic rings. The van der Waals surface area contributed by atoms with Crippen molar-refractivity contribution in [3.05, 3.63) is 64.7 Å². The van der Waals surface area contributed by atoms with Gasteiger partial charge in [-0.3, -0.25) is 0 Å². The van der Waals surface area contributed by atoms with E-state index in [1.54, 1.807) is 0 Å². The van der Waals surface area contributed by atoms with Gasteiger partial charge in [0.15, 0.2) is 0 Å². The maximum atomic E-state index is 8.71. The second-order valence-electron chi connectivity index (χ2n) is 5.18. The second-order valence-corrected chi connectivity index (χ2v) is 5.61. The Balaban J connectivity index is 1.86. The molecule has 5 heteroatoms. The number of hydrogen-bond donors (Lipinski definition) is 3. The fraction of sp³-hybridized carbons (Fsp3) is 0.333.